The Balaban J connectivity index is 2.20. The molecular weight excluding hydrogens is 268 g/mol. The lowest BCUT2D eigenvalue weighted by atomic mass is 9.99. The van der Waals surface area contributed by atoms with Crippen molar-refractivity contribution in [2.45, 2.75) is 26.2 Å². The predicted molar refractivity (Wildman–Crippen MR) is 85.3 cm³/mol. The highest BCUT2D eigenvalue weighted by Crippen LogP contribution is 2.26. The Bertz CT molecular complexity index is 596. The van der Waals surface area contributed by atoms with E-state index in [0.717, 1.165) is 12.2 Å². The number of hydrogen-bond donors (Lipinski definition) is 1. The van der Waals surface area contributed by atoms with Crippen molar-refractivity contribution in [3.8, 4) is 11.5 Å². The quantitative estimate of drug-likeness (QED) is 0.843. The van der Waals surface area contributed by atoms with E-state index < -0.39 is 0 Å². The number of benzene rings is 1. The van der Waals surface area contributed by atoms with Gasteiger partial charge in [-0.15, -0.1) is 0 Å². The van der Waals surface area contributed by atoms with Gasteiger partial charge < -0.3 is 10.5 Å². The summed E-state index contributed by atoms with van der Waals surface area (Å²) in [6.07, 6.45) is 2.77. The van der Waals surface area contributed by atoms with Gasteiger partial charge >= 0.3 is 0 Å². The first-order valence-electron chi connectivity index (χ1n) is 6.64. The van der Waals surface area contributed by atoms with Crippen LogP contribution in [0, 0.1) is 0 Å². The molecule has 1 aromatic carbocycles. The number of rotatable bonds is 5. The summed E-state index contributed by atoms with van der Waals surface area (Å²) in [5.74, 6) is 1.88. The van der Waals surface area contributed by atoms with Crippen molar-refractivity contribution in [3.05, 3.63) is 53.9 Å². The zero-order chi connectivity index (χ0) is 14.5. The van der Waals surface area contributed by atoms with Gasteiger partial charge in [-0.1, -0.05) is 38.2 Å². The molecule has 1 aromatic heterocycles. The molecule has 0 bridgehead atoms. The third kappa shape index (κ3) is 3.33. The molecular formula is C16H18N2OS. The van der Waals surface area contributed by atoms with Gasteiger partial charge in [-0.25, -0.2) is 4.98 Å². The van der Waals surface area contributed by atoms with Gasteiger partial charge in [0.1, 0.15) is 16.4 Å². The molecule has 0 aliphatic rings. The minimum absolute atomic E-state index is 0.233. The van der Waals surface area contributed by atoms with E-state index in [4.69, 9.17) is 22.7 Å². The van der Waals surface area contributed by atoms with E-state index in [1.165, 1.54) is 5.56 Å². The van der Waals surface area contributed by atoms with Gasteiger partial charge in [0.2, 0.25) is 0 Å². The van der Waals surface area contributed by atoms with Crippen LogP contribution in [-0.4, -0.2) is 9.97 Å². The lowest BCUT2D eigenvalue weighted by Gasteiger charge is -2.12. The molecule has 4 heteroatoms. The minimum Gasteiger partial charge on any atom is -0.455 e. The summed E-state index contributed by atoms with van der Waals surface area (Å²) in [7, 11) is 0. The number of nitrogens with two attached hydrogens (primary N) is 1. The van der Waals surface area contributed by atoms with E-state index in [1.54, 1.807) is 12.3 Å². The molecule has 0 aliphatic heterocycles. The van der Waals surface area contributed by atoms with E-state index >= 15 is 0 Å². The van der Waals surface area contributed by atoms with Crippen LogP contribution in [0.15, 0.2) is 42.6 Å². The number of nitrogens with zero attached hydrogens (tertiary/aromatic N) is 1. The highest BCUT2D eigenvalue weighted by atomic mass is 32.1. The van der Waals surface area contributed by atoms with Crippen LogP contribution in [0.1, 0.15) is 37.4 Å². The van der Waals surface area contributed by atoms with E-state index in [1.807, 2.05) is 18.2 Å². The maximum absolute atomic E-state index is 5.81. The Kier molecular flexibility index (Phi) is 4.69. The van der Waals surface area contributed by atoms with Gasteiger partial charge in [0.25, 0.3) is 0 Å². The first-order chi connectivity index (χ1) is 9.61. The Morgan fingerprint density at radius 1 is 1.30 bits per heavy atom. The van der Waals surface area contributed by atoms with E-state index in [-0.39, 0.29) is 4.99 Å². The normalized spacial score (nSPS) is 11.9. The van der Waals surface area contributed by atoms with Crippen LogP contribution >= 0.6 is 12.2 Å². The Hall–Kier alpha value is -1.94. The third-order valence-electron chi connectivity index (χ3n) is 3.29. The number of thiocarbonyl (C=S) groups is 1. The van der Waals surface area contributed by atoms with Crippen molar-refractivity contribution in [1.29, 1.82) is 0 Å². The molecule has 0 aliphatic carbocycles. The van der Waals surface area contributed by atoms with Crippen LogP contribution in [0.3, 0.4) is 0 Å². The highest BCUT2D eigenvalue weighted by Gasteiger charge is 2.09. The van der Waals surface area contributed by atoms with Crippen molar-refractivity contribution in [2.75, 3.05) is 0 Å². The van der Waals surface area contributed by atoms with Crippen LogP contribution in [0.25, 0.3) is 0 Å². The second kappa shape index (κ2) is 6.48. The standard InChI is InChI=1S/C16H18N2OS/c1-3-11(2)12-6-8-13(9-7-12)19-14-5-4-10-18-15(14)16(17)20/h4-11H,3H2,1-2H3,(H2,17,20). The van der Waals surface area contributed by atoms with Crippen molar-refractivity contribution < 1.29 is 4.74 Å². The molecule has 1 heterocycles. The lowest BCUT2D eigenvalue weighted by Crippen LogP contribution is -2.12. The molecule has 0 radical (unpaired) electrons. The third-order valence-corrected chi connectivity index (χ3v) is 3.49. The van der Waals surface area contributed by atoms with Crippen LogP contribution in [0.2, 0.25) is 0 Å². The number of aromatic nitrogens is 1. The molecule has 2 N–H and O–H groups in total. The lowest BCUT2D eigenvalue weighted by molar-refractivity contribution is 0.478. The van der Waals surface area contributed by atoms with Gasteiger partial charge in [0.15, 0.2) is 5.75 Å². The average molecular weight is 286 g/mol. The largest absolute Gasteiger partial charge is 0.455 e. The molecule has 0 saturated heterocycles. The smallest absolute Gasteiger partial charge is 0.156 e. The summed E-state index contributed by atoms with van der Waals surface area (Å²) in [5, 5.41) is 0. The molecule has 0 saturated carbocycles. The fourth-order valence-electron chi connectivity index (χ4n) is 1.89. The van der Waals surface area contributed by atoms with E-state index in [0.29, 0.717) is 17.4 Å². The molecule has 2 aromatic rings. The van der Waals surface area contributed by atoms with Crippen LogP contribution < -0.4 is 10.5 Å². The van der Waals surface area contributed by atoms with E-state index in [9.17, 15) is 0 Å². The van der Waals surface area contributed by atoms with Gasteiger partial charge in [0.05, 0.1) is 0 Å². The summed E-state index contributed by atoms with van der Waals surface area (Å²) in [5.41, 5.74) is 7.45. The van der Waals surface area contributed by atoms with Crippen LogP contribution in [0.5, 0.6) is 11.5 Å². The fraction of sp³-hybridized carbons (Fsp3) is 0.250. The average Bonchev–Trinajstić information content (AvgIpc) is 2.47. The van der Waals surface area contributed by atoms with Gasteiger partial charge in [0, 0.05) is 6.20 Å². The summed E-state index contributed by atoms with van der Waals surface area (Å²) in [6.45, 7) is 4.39. The van der Waals surface area contributed by atoms with Crippen molar-refractivity contribution in [2.24, 2.45) is 5.73 Å². The number of ether oxygens (including phenoxy) is 1. The van der Waals surface area contributed by atoms with Crippen molar-refractivity contribution >= 4 is 17.2 Å². The molecule has 0 amide bonds. The molecule has 104 valence electrons. The molecule has 20 heavy (non-hydrogen) atoms. The Morgan fingerprint density at radius 3 is 2.60 bits per heavy atom. The fourth-order valence-corrected chi connectivity index (χ4v) is 2.04. The first kappa shape index (κ1) is 14.5. The van der Waals surface area contributed by atoms with Crippen LogP contribution in [0.4, 0.5) is 0 Å². The molecule has 0 spiro atoms. The Labute approximate surface area is 124 Å². The number of pyridine rings is 1. The SMILES string of the molecule is CCC(C)c1ccc(Oc2cccnc2C(N)=S)cc1. The van der Waals surface area contributed by atoms with Crippen molar-refractivity contribution in [1.82, 2.24) is 4.98 Å². The number of hydrogen-bond acceptors (Lipinski definition) is 3. The predicted octanol–water partition coefficient (Wildman–Crippen LogP) is 4.02. The summed E-state index contributed by atoms with van der Waals surface area (Å²) in [4.78, 5) is 4.38. The summed E-state index contributed by atoms with van der Waals surface area (Å²) < 4.78 is 5.81. The zero-order valence-corrected chi connectivity index (χ0v) is 12.5. The second-order valence-corrected chi connectivity index (χ2v) is 5.13. The Morgan fingerprint density at radius 2 is 2.00 bits per heavy atom. The zero-order valence-electron chi connectivity index (χ0n) is 11.7. The summed E-state index contributed by atoms with van der Waals surface area (Å²) >= 11 is 4.97. The maximum Gasteiger partial charge on any atom is 0.156 e. The van der Waals surface area contributed by atoms with Gasteiger partial charge in [-0.05, 0) is 42.2 Å². The molecule has 0 fully saturated rings. The second-order valence-electron chi connectivity index (χ2n) is 4.69. The van der Waals surface area contributed by atoms with Gasteiger partial charge in [-0.3, -0.25) is 0 Å². The molecule has 3 nitrogen and oxygen atoms in total. The van der Waals surface area contributed by atoms with E-state index in [2.05, 4.69) is 31.0 Å². The molecule has 1 atom stereocenters. The summed E-state index contributed by atoms with van der Waals surface area (Å²) in [6, 6.07) is 11.7. The van der Waals surface area contributed by atoms with Gasteiger partial charge in [-0.2, -0.15) is 0 Å². The van der Waals surface area contributed by atoms with Crippen LogP contribution in [-0.2, 0) is 0 Å². The monoisotopic (exact) mass is 286 g/mol. The maximum atomic E-state index is 5.81. The first-order valence-corrected chi connectivity index (χ1v) is 7.05. The molecule has 2 rings (SSSR count). The van der Waals surface area contributed by atoms with Crippen molar-refractivity contribution in [3.63, 3.8) is 0 Å². The topological polar surface area (TPSA) is 48.1 Å². The highest BCUT2D eigenvalue weighted by molar-refractivity contribution is 7.80. The minimum atomic E-state index is 0.233. The molecule has 1 unspecified atom stereocenters.